The van der Waals surface area contributed by atoms with Crippen molar-refractivity contribution in [3.05, 3.63) is 70.9 Å². The fraction of sp³-hybridized carbons (Fsp3) is 0.125. The van der Waals surface area contributed by atoms with Gasteiger partial charge in [-0.25, -0.2) is 9.67 Å². The van der Waals surface area contributed by atoms with E-state index < -0.39 is 0 Å². The lowest BCUT2D eigenvalue weighted by Crippen LogP contribution is -2.14. The highest BCUT2D eigenvalue weighted by atomic mass is 32.1. The second-order valence-corrected chi connectivity index (χ2v) is 6.22. The summed E-state index contributed by atoms with van der Waals surface area (Å²) in [6.45, 7) is 2.05. The fourth-order valence-corrected chi connectivity index (χ4v) is 3.40. The van der Waals surface area contributed by atoms with Crippen LogP contribution in [0.5, 0.6) is 0 Å². The minimum absolute atomic E-state index is 0.0123. The molecule has 0 aliphatic heterocycles. The van der Waals surface area contributed by atoms with Crippen LogP contribution in [0.1, 0.15) is 18.5 Å². The first kappa shape index (κ1) is 14.6. The molecule has 1 N–H and O–H groups in total. The summed E-state index contributed by atoms with van der Waals surface area (Å²) in [7, 11) is 0. The van der Waals surface area contributed by atoms with Crippen molar-refractivity contribution < 1.29 is 0 Å². The minimum atomic E-state index is -0.186. The molecule has 0 radical (unpaired) electrons. The summed E-state index contributed by atoms with van der Waals surface area (Å²) in [5.41, 5.74) is 1.90. The van der Waals surface area contributed by atoms with Crippen molar-refractivity contribution in [2.75, 3.05) is 5.32 Å². The quantitative estimate of drug-likeness (QED) is 0.619. The number of aromatic nitrogens is 5. The Morgan fingerprint density at radius 3 is 2.83 bits per heavy atom. The van der Waals surface area contributed by atoms with Gasteiger partial charge in [0.05, 0.1) is 11.7 Å². The third-order valence-electron chi connectivity index (χ3n) is 3.67. The zero-order chi connectivity index (χ0) is 16.5. The molecule has 1 atom stereocenters. The van der Waals surface area contributed by atoms with Crippen LogP contribution in [0.25, 0.3) is 10.6 Å². The van der Waals surface area contributed by atoms with Gasteiger partial charge >= 0.3 is 0 Å². The molecule has 120 valence electrons. The number of benzene rings is 1. The lowest BCUT2D eigenvalue weighted by atomic mass is 10.1. The Kier molecular flexibility index (Phi) is 3.58. The van der Waals surface area contributed by atoms with E-state index in [1.54, 1.807) is 6.20 Å². The van der Waals surface area contributed by atoms with Crippen molar-refractivity contribution in [3.63, 3.8) is 0 Å². The van der Waals surface area contributed by atoms with Crippen LogP contribution in [0.2, 0.25) is 0 Å². The SMILES string of the molecule is CC(Nc1nn2c(=O)ccnc2s1)c1ccccc1-n1cccn1. The Morgan fingerprint density at radius 2 is 2.04 bits per heavy atom. The number of hydrogen-bond acceptors (Lipinski definition) is 6. The molecule has 0 amide bonds. The van der Waals surface area contributed by atoms with E-state index in [0.29, 0.717) is 10.1 Å². The summed E-state index contributed by atoms with van der Waals surface area (Å²) in [6.07, 6.45) is 5.16. The monoisotopic (exact) mass is 338 g/mol. The van der Waals surface area contributed by atoms with E-state index in [4.69, 9.17) is 0 Å². The van der Waals surface area contributed by atoms with Crippen molar-refractivity contribution >= 4 is 21.4 Å². The summed E-state index contributed by atoms with van der Waals surface area (Å²) in [4.78, 5) is 16.5. The second kappa shape index (κ2) is 5.89. The zero-order valence-electron chi connectivity index (χ0n) is 12.8. The van der Waals surface area contributed by atoms with Crippen molar-refractivity contribution in [1.82, 2.24) is 24.4 Å². The molecule has 7 nitrogen and oxygen atoms in total. The van der Waals surface area contributed by atoms with E-state index in [1.165, 1.54) is 28.1 Å². The Labute approximate surface area is 141 Å². The molecular weight excluding hydrogens is 324 g/mol. The van der Waals surface area contributed by atoms with Crippen LogP contribution < -0.4 is 10.9 Å². The zero-order valence-corrected chi connectivity index (χ0v) is 13.6. The van der Waals surface area contributed by atoms with Crippen LogP contribution in [-0.4, -0.2) is 24.4 Å². The van der Waals surface area contributed by atoms with E-state index in [2.05, 4.69) is 20.5 Å². The number of hydrogen-bond donors (Lipinski definition) is 1. The molecule has 1 unspecified atom stereocenters. The normalized spacial score (nSPS) is 12.4. The van der Waals surface area contributed by atoms with Gasteiger partial charge < -0.3 is 5.32 Å². The summed E-state index contributed by atoms with van der Waals surface area (Å²) < 4.78 is 3.14. The predicted octanol–water partition coefficient (Wildman–Crippen LogP) is 2.51. The molecule has 1 aromatic carbocycles. The summed E-state index contributed by atoms with van der Waals surface area (Å²) in [6, 6.07) is 11.3. The highest BCUT2D eigenvalue weighted by molar-refractivity contribution is 7.20. The van der Waals surface area contributed by atoms with Gasteiger partial charge in [-0.15, -0.1) is 5.10 Å². The molecule has 24 heavy (non-hydrogen) atoms. The first-order chi connectivity index (χ1) is 11.7. The van der Waals surface area contributed by atoms with E-state index in [9.17, 15) is 4.79 Å². The average Bonchev–Trinajstić information content (AvgIpc) is 3.24. The average molecular weight is 338 g/mol. The number of nitrogens with one attached hydrogen (secondary N) is 1. The summed E-state index contributed by atoms with van der Waals surface area (Å²) in [5, 5.41) is 12.6. The van der Waals surface area contributed by atoms with Gasteiger partial charge in [0.1, 0.15) is 0 Å². The van der Waals surface area contributed by atoms with Crippen molar-refractivity contribution in [2.24, 2.45) is 0 Å². The molecule has 3 heterocycles. The van der Waals surface area contributed by atoms with Gasteiger partial charge in [-0.3, -0.25) is 4.79 Å². The fourth-order valence-electron chi connectivity index (χ4n) is 2.54. The minimum Gasteiger partial charge on any atom is -0.353 e. The largest absolute Gasteiger partial charge is 0.353 e. The standard InChI is InChI=1S/C16H14N6OS/c1-11(12-5-2-3-6-13(12)21-10-4-8-18-21)19-15-20-22-14(23)7-9-17-16(22)24-15/h2-11H,1H3,(H,19,20). The number of para-hydroxylation sites is 1. The summed E-state index contributed by atoms with van der Waals surface area (Å²) in [5.74, 6) is 0. The lowest BCUT2D eigenvalue weighted by Gasteiger charge is -2.17. The maximum Gasteiger partial charge on any atom is 0.275 e. The number of rotatable bonds is 4. The van der Waals surface area contributed by atoms with E-state index in [0.717, 1.165) is 11.3 Å². The highest BCUT2D eigenvalue weighted by Gasteiger charge is 2.14. The van der Waals surface area contributed by atoms with Gasteiger partial charge in [-0.2, -0.15) is 9.61 Å². The Bertz CT molecular complexity index is 1040. The lowest BCUT2D eigenvalue weighted by molar-refractivity contribution is 0.808. The first-order valence-corrected chi connectivity index (χ1v) is 8.24. The molecule has 8 heteroatoms. The van der Waals surface area contributed by atoms with Crippen LogP contribution in [0.3, 0.4) is 0 Å². The maximum atomic E-state index is 11.8. The Morgan fingerprint density at radius 1 is 1.17 bits per heavy atom. The van der Waals surface area contributed by atoms with Gasteiger partial charge in [-0.1, -0.05) is 29.5 Å². The van der Waals surface area contributed by atoms with Crippen molar-refractivity contribution in [1.29, 1.82) is 0 Å². The Balaban J connectivity index is 1.68. The number of nitrogens with zero attached hydrogens (tertiary/aromatic N) is 5. The Hall–Kier alpha value is -3.00. The van der Waals surface area contributed by atoms with Crippen LogP contribution >= 0.6 is 11.3 Å². The molecule has 0 fully saturated rings. The molecule has 0 spiro atoms. The van der Waals surface area contributed by atoms with E-state index in [1.807, 2.05) is 48.1 Å². The third kappa shape index (κ3) is 2.56. The van der Waals surface area contributed by atoms with Crippen LogP contribution in [-0.2, 0) is 0 Å². The predicted molar refractivity (Wildman–Crippen MR) is 92.7 cm³/mol. The molecule has 0 saturated heterocycles. The van der Waals surface area contributed by atoms with E-state index >= 15 is 0 Å². The van der Waals surface area contributed by atoms with Gasteiger partial charge in [0.2, 0.25) is 10.1 Å². The second-order valence-electron chi connectivity index (χ2n) is 5.26. The van der Waals surface area contributed by atoms with E-state index in [-0.39, 0.29) is 11.6 Å². The summed E-state index contributed by atoms with van der Waals surface area (Å²) >= 11 is 1.34. The molecule has 0 aliphatic carbocycles. The van der Waals surface area contributed by atoms with Gasteiger partial charge in [0.15, 0.2) is 0 Å². The van der Waals surface area contributed by atoms with Crippen LogP contribution in [0, 0.1) is 0 Å². The molecule has 0 aliphatic rings. The molecule has 0 bridgehead atoms. The maximum absolute atomic E-state index is 11.8. The van der Waals surface area contributed by atoms with Crippen molar-refractivity contribution in [2.45, 2.75) is 13.0 Å². The molecular formula is C16H14N6OS. The molecule has 4 rings (SSSR count). The topological polar surface area (TPSA) is 77.1 Å². The molecule has 3 aromatic heterocycles. The van der Waals surface area contributed by atoms with Gasteiger partial charge in [0, 0.05) is 24.7 Å². The molecule has 0 saturated carbocycles. The first-order valence-electron chi connectivity index (χ1n) is 7.43. The van der Waals surface area contributed by atoms with Gasteiger partial charge in [0.25, 0.3) is 5.56 Å². The van der Waals surface area contributed by atoms with Crippen molar-refractivity contribution in [3.8, 4) is 5.69 Å². The number of fused-ring (bicyclic) bond motifs is 1. The smallest absolute Gasteiger partial charge is 0.275 e. The van der Waals surface area contributed by atoms with Crippen LogP contribution in [0.4, 0.5) is 5.13 Å². The highest BCUT2D eigenvalue weighted by Crippen LogP contribution is 2.26. The molecule has 4 aromatic rings. The van der Waals surface area contributed by atoms with Crippen LogP contribution in [0.15, 0.2) is 59.8 Å². The number of anilines is 1. The van der Waals surface area contributed by atoms with Gasteiger partial charge in [-0.05, 0) is 24.6 Å². The third-order valence-corrected chi connectivity index (χ3v) is 4.52.